The standard InChI is InChI=1S/C15H26O/c1-10(2)12-7-8-15(4,16)14-6-5-11(3)9-13(12)14/h9-10,12-14,16H,5-8H2,1-4H3/t12-,13+,14+,15-/m0/s1. The Kier molecular flexibility index (Phi) is 3.18. The SMILES string of the molecule is CC1=C[C@H]2[C@@H](CC1)[C@@](C)(O)CC[C@H]2C(C)C. The number of hydrogen-bond acceptors (Lipinski definition) is 1. The second-order valence-corrected chi connectivity index (χ2v) is 6.54. The van der Waals surface area contributed by atoms with Gasteiger partial charge in [0.05, 0.1) is 5.60 Å². The first kappa shape index (κ1) is 12.2. The van der Waals surface area contributed by atoms with Crippen LogP contribution in [-0.2, 0) is 0 Å². The molecule has 0 unspecified atom stereocenters. The van der Waals surface area contributed by atoms with E-state index in [0.29, 0.717) is 11.8 Å². The molecule has 0 aromatic rings. The average Bonchev–Trinajstić information content (AvgIpc) is 2.16. The van der Waals surface area contributed by atoms with E-state index in [0.717, 1.165) is 18.3 Å². The molecule has 1 fully saturated rings. The van der Waals surface area contributed by atoms with Gasteiger partial charge in [0.25, 0.3) is 0 Å². The summed E-state index contributed by atoms with van der Waals surface area (Å²) in [4.78, 5) is 0. The van der Waals surface area contributed by atoms with Gasteiger partial charge in [-0.15, -0.1) is 0 Å². The minimum absolute atomic E-state index is 0.423. The van der Waals surface area contributed by atoms with Crippen LogP contribution in [0.25, 0.3) is 0 Å². The third kappa shape index (κ3) is 2.07. The average molecular weight is 222 g/mol. The molecule has 0 aliphatic heterocycles. The summed E-state index contributed by atoms with van der Waals surface area (Å²) < 4.78 is 0. The van der Waals surface area contributed by atoms with Crippen molar-refractivity contribution in [3.8, 4) is 0 Å². The van der Waals surface area contributed by atoms with E-state index in [1.165, 1.54) is 24.8 Å². The van der Waals surface area contributed by atoms with Crippen LogP contribution in [0.2, 0.25) is 0 Å². The van der Waals surface area contributed by atoms with Gasteiger partial charge in [-0.1, -0.05) is 25.5 Å². The van der Waals surface area contributed by atoms with E-state index < -0.39 is 5.60 Å². The summed E-state index contributed by atoms with van der Waals surface area (Å²) in [6, 6.07) is 0. The van der Waals surface area contributed by atoms with Gasteiger partial charge < -0.3 is 5.11 Å². The maximum Gasteiger partial charge on any atom is 0.0653 e. The van der Waals surface area contributed by atoms with E-state index in [2.05, 4.69) is 33.8 Å². The first-order valence-electron chi connectivity index (χ1n) is 6.81. The van der Waals surface area contributed by atoms with Gasteiger partial charge >= 0.3 is 0 Å². The highest BCUT2D eigenvalue weighted by molar-refractivity contribution is 5.13. The Labute approximate surface area is 99.9 Å². The summed E-state index contributed by atoms with van der Waals surface area (Å²) >= 11 is 0. The normalized spacial score (nSPS) is 44.1. The fraction of sp³-hybridized carbons (Fsp3) is 0.867. The predicted octanol–water partition coefficient (Wildman–Crippen LogP) is 3.78. The van der Waals surface area contributed by atoms with Gasteiger partial charge in [-0.2, -0.15) is 0 Å². The largest absolute Gasteiger partial charge is 0.390 e. The Morgan fingerprint density at radius 1 is 1.38 bits per heavy atom. The lowest BCUT2D eigenvalue weighted by Crippen LogP contribution is -2.48. The molecule has 0 spiro atoms. The third-order valence-corrected chi connectivity index (χ3v) is 4.92. The van der Waals surface area contributed by atoms with Gasteiger partial charge in [-0.05, 0) is 63.2 Å². The highest BCUT2D eigenvalue weighted by Crippen LogP contribution is 2.49. The zero-order valence-corrected chi connectivity index (χ0v) is 11.2. The number of aliphatic hydroxyl groups is 1. The predicted molar refractivity (Wildman–Crippen MR) is 68.2 cm³/mol. The molecule has 0 aromatic heterocycles. The van der Waals surface area contributed by atoms with Crippen molar-refractivity contribution >= 4 is 0 Å². The van der Waals surface area contributed by atoms with Gasteiger partial charge in [0, 0.05) is 0 Å². The molecule has 1 heteroatoms. The molecule has 1 nitrogen and oxygen atoms in total. The summed E-state index contributed by atoms with van der Waals surface area (Å²) in [5.41, 5.74) is 1.11. The van der Waals surface area contributed by atoms with Gasteiger partial charge in [-0.25, -0.2) is 0 Å². The molecule has 0 saturated heterocycles. The van der Waals surface area contributed by atoms with Gasteiger partial charge in [0.15, 0.2) is 0 Å². The molecule has 0 aromatic carbocycles. The molecular formula is C15H26O. The molecule has 92 valence electrons. The van der Waals surface area contributed by atoms with Crippen molar-refractivity contribution in [3.05, 3.63) is 11.6 Å². The number of allylic oxidation sites excluding steroid dienone is 2. The van der Waals surface area contributed by atoms with Crippen molar-refractivity contribution in [1.82, 2.24) is 0 Å². The van der Waals surface area contributed by atoms with E-state index in [1.807, 2.05) is 0 Å². The van der Waals surface area contributed by atoms with Crippen LogP contribution < -0.4 is 0 Å². The van der Waals surface area contributed by atoms with Crippen LogP contribution in [0.4, 0.5) is 0 Å². The zero-order chi connectivity index (χ0) is 11.9. The van der Waals surface area contributed by atoms with Crippen molar-refractivity contribution in [2.24, 2.45) is 23.7 Å². The van der Waals surface area contributed by atoms with Gasteiger partial charge in [0.2, 0.25) is 0 Å². The van der Waals surface area contributed by atoms with Crippen LogP contribution in [0.15, 0.2) is 11.6 Å². The Morgan fingerprint density at radius 3 is 2.69 bits per heavy atom. The lowest BCUT2D eigenvalue weighted by atomic mass is 9.58. The molecular weight excluding hydrogens is 196 g/mol. The van der Waals surface area contributed by atoms with Crippen molar-refractivity contribution in [3.63, 3.8) is 0 Å². The highest BCUT2D eigenvalue weighted by Gasteiger charge is 2.46. The van der Waals surface area contributed by atoms with Gasteiger partial charge in [0.1, 0.15) is 0 Å². The van der Waals surface area contributed by atoms with Crippen LogP contribution in [0, 0.1) is 23.7 Å². The van der Waals surface area contributed by atoms with E-state index in [-0.39, 0.29) is 0 Å². The number of hydrogen-bond donors (Lipinski definition) is 1. The molecule has 0 amide bonds. The van der Waals surface area contributed by atoms with Crippen LogP contribution in [0.1, 0.15) is 53.4 Å². The summed E-state index contributed by atoms with van der Waals surface area (Å²) in [5.74, 6) is 2.64. The molecule has 2 aliphatic rings. The summed E-state index contributed by atoms with van der Waals surface area (Å²) in [6.45, 7) is 8.96. The molecule has 0 bridgehead atoms. The molecule has 1 saturated carbocycles. The van der Waals surface area contributed by atoms with E-state index in [9.17, 15) is 5.11 Å². The monoisotopic (exact) mass is 222 g/mol. The highest BCUT2D eigenvalue weighted by atomic mass is 16.3. The van der Waals surface area contributed by atoms with Crippen LogP contribution in [-0.4, -0.2) is 10.7 Å². The van der Waals surface area contributed by atoms with Crippen molar-refractivity contribution in [1.29, 1.82) is 0 Å². The summed E-state index contributed by atoms with van der Waals surface area (Å²) in [5, 5.41) is 10.5. The van der Waals surface area contributed by atoms with Crippen LogP contribution in [0.5, 0.6) is 0 Å². The number of rotatable bonds is 1. The minimum Gasteiger partial charge on any atom is -0.390 e. The molecule has 4 atom stereocenters. The van der Waals surface area contributed by atoms with Crippen LogP contribution >= 0.6 is 0 Å². The number of fused-ring (bicyclic) bond motifs is 1. The first-order chi connectivity index (χ1) is 7.42. The second kappa shape index (κ2) is 4.18. The Bertz CT molecular complexity index is 288. The Balaban J connectivity index is 2.27. The van der Waals surface area contributed by atoms with Crippen molar-refractivity contribution in [2.75, 3.05) is 0 Å². The van der Waals surface area contributed by atoms with Gasteiger partial charge in [-0.3, -0.25) is 0 Å². The zero-order valence-electron chi connectivity index (χ0n) is 11.2. The molecule has 2 rings (SSSR count). The first-order valence-corrected chi connectivity index (χ1v) is 6.81. The molecule has 1 N–H and O–H groups in total. The fourth-order valence-corrected chi connectivity index (χ4v) is 3.87. The quantitative estimate of drug-likeness (QED) is 0.669. The molecule has 0 radical (unpaired) electrons. The third-order valence-electron chi connectivity index (χ3n) is 4.92. The molecule has 16 heavy (non-hydrogen) atoms. The topological polar surface area (TPSA) is 20.2 Å². The van der Waals surface area contributed by atoms with E-state index in [1.54, 1.807) is 0 Å². The molecule has 0 heterocycles. The summed E-state index contributed by atoms with van der Waals surface area (Å²) in [7, 11) is 0. The minimum atomic E-state index is -0.423. The Morgan fingerprint density at radius 2 is 2.06 bits per heavy atom. The lowest BCUT2D eigenvalue weighted by molar-refractivity contribution is -0.0807. The van der Waals surface area contributed by atoms with Crippen molar-refractivity contribution in [2.45, 2.75) is 59.0 Å². The van der Waals surface area contributed by atoms with Crippen LogP contribution in [0.3, 0.4) is 0 Å². The smallest absolute Gasteiger partial charge is 0.0653 e. The van der Waals surface area contributed by atoms with E-state index in [4.69, 9.17) is 0 Å². The Hall–Kier alpha value is -0.300. The maximum absolute atomic E-state index is 10.5. The fourth-order valence-electron chi connectivity index (χ4n) is 3.87. The van der Waals surface area contributed by atoms with Crippen molar-refractivity contribution < 1.29 is 5.11 Å². The lowest BCUT2D eigenvalue weighted by Gasteiger charge is -2.49. The summed E-state index contributed by atoms with van der Waals surface area (Å²) in [6.07, 6.45) is 7.01. The second-order valence-electron chi connectivity index (χ2n) is 6.54. The maximum atomic E-state index is 10.5. The van der Waals surface area contributed by atoms with E-state index >= 15 is 0 Å². The molecule has 2 aliphatic carbocycles.